The Kier molecular flexibility index (Phi) is 9.32. The van der Waals surface area contributed by atoms with Crippen molar-refractivity contribution in [3.8, 4) is 11.5 Å². The summed E-state index contributed by atoms with van der Waals surface area (Å²) in [6, 6.07) is 9.16. The summed E-state index contributed by atoms with van der Waals surface area (Å²) in [5.74, 6) is 0.361. The number of fused-ring (bicyclic) bond motifs is 1. The maximum absolute atomic E-state index is 13.4. The molecule has 0 fully saturated rings. The lowest BCUT2D eigenvalue weighted by atomic mass is 10.1. The fourth-order valence-corrected chi connectivity index (χ4v) is 5.46. The average Bonchev–Trinajstić information content (AvgIpc) is 3.30. The van der Waals surface area contributed by atoms with Gasteiger partial charge in [-0.15, -0.1) is 0 Å². The lowest BCUT2D eigenvalue weighted by Gasteiger charge is -2.31. The van der Waals surface area contributed by atoms with Crippen molar-refractivity contribution in [2.75, 3.05) is 30.9 Å². The SMILES string of the molecule is CC[C@@H](C(=O)NC)N(Cc1c(Cl)cccc1Cl)C(=O)CCCN(c1ccc2c(c1)OCO2)S(C)(=O)=O. The fourth-order valence-electron chi connectivity index (χ4n) is 3.98. The number of hydrogen-bond donors (Lipinski definition) is 1. The molecule has 1 atom stereocenters. The summed E-state index contributed by atoms with van der Waals surface area (Å²) in [5.41, 5.74) is 0.945. The van der Waals surface area contributed by atoms with Crippen LogP contribution in [0, 0.1) is 0 Å². The van der Waals surface area contributed by atoms with Crippen molar-refractivity contribution in [3.05, 3.63) is 52.0 Å². The number of carbonyl (C=O) groups is 2. The van der Waals surface area contributed by atoms with E-state index in [2.05, 4.69) is 5.32 Å². The van der Waals surface area contributed by atoms with Gasteiger partial charge in [0.1, 0.15) is 6.04 Å². The molecule has 2 aromatic rings. The number of amides is 2. The minimum absolute atomic E-state index is 0.00609. The Morgan fingerprint density at radius 2 is 1.78 bits per heavy atom. The Hall–Kier alpha value is -2.69. The number of ether oxygens (including phenoxy) is 2. The van der Waals surface area contributed by atoms with E-state index in [4.69, 9.17) is 32.7 Å². The van der Waals surface area contributed by atoms with E-state index in [1.807, 2.05) is 0 Å². The number of sulfonamides is 1. The molecule has 0 radical (unpaired) electrons. The topological polar surface area (TPSA) is 105 Å². The third-order valence-electron chi connectivity index (χ3n) is 5.82. The minimum atomic E-state index is -3.64. The number of nitrogens with zero attached hydrogens (tertiary/aromatic N) is 2. The second-order valence-corrected chi connectivity index (χ2v) is 11.0. The van der Waals surface area contributed by atoms with Crippen molar-refractivity contribution in [1.29, 1.82) is 0 Å². The molecule has 0 aliphatic carbocycles. The predicted octanol–water partition coefficient (Wildman–Crippen LogP) is 3.82. The van der Waals surface area contributed by atoms with E-state index in [9.17, 15) is 18.0 Å². The van der Waals surface area contributed by atoms with E-state index in [1.54, 1.807) is 43.3 Å². The van der Waals surface area contributed by atoms with Gasteiger partial charge >= 0.3 is 0 Å². The summed E-state index contributed by atoms with van der Waals surface area (Å²) in [7, 11) is -2.13. The molecule has 0 saturated heterocycles. The van der Waals surface area contributed by atoms with Crippen LogP contribution in [0.15, 0.2) is 36.4 Å². The van der Waals surface area contributed by atoms with E-state index < -0.39 is 16.1 Å². The molecule has 0 spiro atoms. The van der Waals surface area contributed by atoms with Gasteiger partial charge in [0.05, 0.1) is 11.9 Å². The Labute approximate surface area is 221 Å². The molecule has 1 N–H and O–H groups in total. The number of anilines is 1. The van der Waals surface area contributed by atoms with Crippen LogP contribution in [0.1, 0.15) is 31.7 Å². The van der Waals surface area contributed by atoms with Crippen LogP contribution in [-0.4, -0.2) is 57.8 Å². The lowest BCUT2D eigenvalue weighted by molar-refractivity contribution is -0.141. The van der Waals surface area contributed by atoms with Crippen LogP contribution in [0.3, 0.4) is 0 Å². The van der Waals surface area contributed by atoms with E-state index in [0.717, 1.165) is 6.26 Å². The van der Waals surface area contributed by atoms with Gasteiger partial charge in [0.15, 0.2) is 11.5 Å². The molecule has 1 heterocycles. The summed E-state index contributed by atoms with van der Waals surface area (Å²) < 4.78 is 36.9. The van der Waals surface area contributed by atoms with Gasteiger partial charge in [0.25, 0.3) is 0 Å². The van der Waals surface area contributed by atoms with Crippen molar-refractivity contribution in [1.82, 2.24) is 10.2 Å². The Balaban J connectivity index is 1.78. The summed E-state index contributed by atoms with van der Waals surface area (Å²) >= 11 is 12.7. The van der Waals surface area contributed by atoms with Gasteiger partial charge in [-0.3, -0.25) is 13.9 Å². The summed E-state index contributed by atoms with van der Waals surface area (Å²) in [4.78, 5) is 27.4. The average molecular weight is 558 g/mol. The minimum Gasteiger partial charge on any atom is -0.454 e. The number of benzene rings is 2. The highest BCUT2D eigenvalue weighted by atomic mass is 35.5. The van der Waals surface area contributed by atoms with Crippen LogP contribution in [-0.2, 0) is 26.2 Å². The van der Waals surface area contributed by atoms with Gasteiger partial charge in [0.2, 0.25) is 28.6 Å². The molecular formula is C24H29Cl2N3O6S. The zero-order chi connectivity index (χ0) is 26.5. The molecule has 1 aliphatic heterocycles. The highest BCUT2D eigenvalue weighted by Gasteiger charge is 2.29. The van der Waals surface area contributed by atoms with Gasteiger partial charge in [-0.1, -0.05) is 36.2 Å². The molecule has 2 amide bonds. The summed E-state index contributed by atoms with van der Waals surface area (Å²) in [5, 5.41) is 3.37. The maximum atomic E-state index is 13.4. The zero-order valence-electron chi connectivity index (χ0n) is 20.3. The smallest absolute Gasteiger partial charge is 0.242 e. The van der Waals surface area contributed by atoms with Crippen LogP contribution in [0.5, 0.6) is 11.5 Å². The second kappa shape index (κ2) is 12.0. The van der Waals surface area contributed by atoms with Gasteiger partial charge < -0.3 is 19.7 Å². The molecule has 0 unspecified atom stereocenters. The molecule has 196 valence electrons. The quantitative estimate of drug-likeness (QED) is 0.450. The van der Waals surface area contributed by atoms with Crippen LogP contribution >= 0.6 is 23.2 Å². The first-order valence-electron chi connectivity index (χ1n) is 11.4. The standard InChI is InChI=1S/C24H29Cl2N3O6S/c1-4-20(24(31)27-2)28(14-17-18(25)7-5-8-19(17)26)23(30)9-6-12-29(36(3,32)33)16-10-11-21-22(13-16)35-15-34-21/h5,7-8,10-11,13,20H,4,6,9,12,14-15H2,1-3H3,(H,27,31)/t20-/m0/s1. The molecule has 1 aliphatic rings. The third-order valence-corrected chi connectivity index (χ3v) is 7.72. The van der Waals surface area contributed by atoms with Gasteiger partial charge in [-0.05, 0) is 37.1 Å². The molecule has 2 aromatic carbocycles. The van der Waals surface area contributed by atoms with Crippen LogP contribution < -0.4 is 19.1 Å². The largest absolute Gasteiger partial charge is 0.454 e. The Morgan fingerprint density at radius 3 is 2.39 bits per heavy atom. The van der Waals surface area contributed by atoms with E-state index in [0.29, 0.717) is 39.2 Å². The number of rotatable bonds is 11. The zero-order valence-corrected chi connectivity index (χ0v) is 22.6. The predicted molar refractivity (Wildman–Crippen MR) is 139 cm³/mol. The third kappa shape index (κ3) is 6.54. The van der Waals surface area contributed by atoms with E-state index in [1.165, 1.54) is 16.3 Å². The second-order valence-electron chi connectivity index (χ2n) is 8.24. The molecule has 36 heavy (non-hydrogen) atoms. The molecular weight excluding hydrogens is 529 g/mol. The molecule has 0 saturated carbocycles. The van der Waals surface area contributed by atoms with Gasteiger partial charge in [-0.2, -0.15) is 0 Å². The van der Waals surface area contributed by atoms with Crippen molar-refractivity contribution in [2.45, 2.75) is 38.8 Å². The van der Waals surface area contributed by atoms with Crippen molar-refractivity contribution in [3.63, 3.8) is 0 Å². The van der Waals surface area contributed by atoms with Crippen molar-refractivity contribution >= 4 is 50.7 Å². The molecule has 3 rings (SSSR count). The van der Waals surface area contributed by atoms with Crippen molar-refractivity contribution in [2.24, 2.45) is 0 Å². The van der Waals surface area contributed by atoms with Crippen LogP contribution in [0.4, 0.5) is 5.69 Å². The highest BCUT2D eigenvalue weighted by Crippen LogP contribution is 2.36. The molecule has 0 bridgehead atoms. The van der Waals surface area contributed by atoms with Gasteiger partial charge in [-0.25, -0.2) is 8.42 Å². The first-order valence-corrected chi connectivity index (χ1v) is 14.0. The number of halogens is 2. The molecule has 12 heteroatoms. The fraction of sp³-hybridized carbons (Fsp3) is 0.417. The Bertz CT molecular complexity index is 1200. The summed E-state index contributed by atoms with van der Waals surface area (Å²) in [6.07, 6.45) is 1.70. The van der Waals surface area contributed by atoms with Gasteiger partial charge in [0, 0.05) is 48.2 Å². The normalized spacial score (nSPS) is 13.2. The number of likely N-dealkylation sites (N-methyl/N-ethyl adjacent to an activating group) is 1. The monoisotopic (exact) mass is 557 g/mol. The number of nitrogens with one attached hydrogen (secondary N) is 1. The van der Waals surface area contributed by atoms with Crippen LogP contribution in [0.25, 0.3) is 0 Å². The van der Waals surface area contributed by atoms with Crippen LogP contribution in [0.2, 0.25) is 10.0 Å². The Morgan fingerprint density at radius 1 is 1.11 bits per heavy atom. The molecule has 9 nitrogen and oxygen atoms in total. The maximum Gasteiger partial charge on any atom is 0.242 e. The lowest BCUT2D eigenvalue weighted by Crippen LogP contribution is -2.48. The van der Waals surface area contributed by atoms with E-state index >= 15 is 0 Å². The summed E-state index contributed by atoms with van der Waals surface area (Å²) in [6.45, 7) is 1.98. The van der Waals surface area contributed by atoms with E-state index in [-0.39, 0.29) is 44.5 Å². The highest BCUT2D eigenvalue weighted by molar-refractivity contribution is 7.92. The molecule has 0 aromatic heterocycles. The number of carbonyl (C=O) groups excluding carboxylic acids is 2. The van der Waals surface area contributed by atoms with Crippen molar-refractivity contribution < 1.29 is 27.5 Å². The number of hydrogen-bond acceptors (Lipinski definition) is 6. The first-order chi connectivity index (χ1) is 17.1. The first kappa shape index (κ1) is 27.9.